The summed E-state index contributed by atoms with van der Waals surface area (Å²) in [7, 11) is 0. The van der Waals surface area contributed by atoms with Crippen LogP contribution in [0.5, 0.6) is 0 Å². The normalized spacial score (nSPS) is 15.4. The molecule has 2 aromatic rings. The highest BCUT2D eigenvalue weighted by atomic mass is 32.1. The van der Waals surface area contributed by atoms with Crippen LogP contribution < -0.4 is 5.32 Å². The van der Waals surface area contributed by atoms with Crippen molar-refractivity contribution in [2.45, 2.75) is 39.7 Å². The maximum absolute atomic E-state index is 12.6. The van der Waals surface area contributed by atoms with Gasteiger partial charge in [0.15, 0.2) is 0 Å². The quantitative estimate of drug-likeness (QED) is 0.713. The number of amides is 1. The molecule has 1 aromatic heterocycles. The third-order valence-electron chi connectivity index (χ3n) is 4.84. The molecular weight excluding hydrogens is 374 g/mol. The molecule has 2 heterocycles. The van der Waals surface area contributed by atoms with Crippen molar-refractivity contribution in [3.8, 4) is 0 Å². The Bertz CT molecular complexity index is 795. The van der Waals surface area contributed by atoms with Crippen LogP contribution >= 0.6 is 11.3 Å². The number of benzene rings is 1. The second-order valence-corrected chi connectivity index (χ2v) is 8.17. The van der Waals surface area contributed by atoms with E-state index in [1.165, 1.54) is 0 Å². The van der Waals surface area contributed by atoms with Gasteiger partial charge in [-0.15, -0.1) is 11.3 Å². The first-order chi connectivity index (χ1) is 13.5. The molecule has 0 unspecified atom stereocenters. The molecule has 3 rings (SSSR count). The number of carbonyl (C=O) groups excluding carboxylic acids is 2. The van der Waals surface area contributed by atoms with E-state index in [9.17, 15) is 9.59 Å². The summed E-state index contributed by atoms with van der Waals surface area (Å²) in [5.41, 5.74) is 2.32. The average Bonchev–Trinajstić information content (AvgIpc) is 3.11. The number of ether oxygens (including phenoxy) is 1. The van der Waals surface area contributed by atoms with Crippen molar-refractivity contribution >= 4 is 28.9 Å². The van der Waals surface area contributed by atoms with E-state index < -0.39 is 0 Å². The molecule has 0 bridgehead atoms. The lowest BCUT2D eigenvalue weighted by molar-refractivity contribution is -0.121. The van der Waals surface area contributed by atoms with E-state index in [0.717, 1.165) is 49.6 Å². The third-order valence-corrected chi connectivity index (χ3v) is 5.66. The number of nitrogens with zero attached hydrogens (tertiary/aromatic N) is 2. The van der Waals surface area contributed by atoms with Gasteiger partial charge in [0, 0.05) is 23.5 Å². The molecule has 1 aromatic carbocycles. The van der Waals surface area contributed by atoms with Crippen molar-refractivity contribution in [2.24, 2.45) is 5.92 Å². The number of thiazole rings is 1. The molecule has 1 fully saturated rings. The molecule has 0 saturated carbocycles. The van der Waals surface area contributed by atoms with Gasteiger partial charge in [0.25, 0.3) is 0 Å². The predicted molar refractivity (Wildman–Crippen MR) is 110 cm³/mol. The van der Waals surface area contributed by atoms with Gasteiger partial charge in [-0.3, -0.25) is 9.69 Å². The molecule has 0 atom stereocenters. The summed E-state index contributed by atoms with van der Waals surface area (Å²) < 4.78 is 5.11. The highest BCUT2D eigenvalue weighted by Crippen LogP contribution is 2.22. The standard InChI is InChI=1S/C21H27N3O3S/c1-3-12-27-21(26)17-4-6-18(7-5-17)23-20(25)16-8-10-24(11-9-16)13-19-14-28-15(2)22-19/h4-7,14,16H,3,8-13H2,1-2H3,(H,23,25). The molecule has 6 nitrogen and oxygen atoms in total. The van der Waals surface area contributed by atoms with E-state index in [1.54, 1.807) is 35.6 Å². The van der Waals surface area contributed by atoms with E-state index in [0.29, 0.717) is 17.9 Å². The van der Waals surface area contributed by atoms with Crippen molar-refractivity contribution in [3.63, 3.8) is 0 Å². The second-order valence-electron chi connectivity index (χ2n) is 7.11. The lowest BCUT2D eigenvalue weighted by Gasteiger charge is -2.30. The fraction of sp³-hybridized carbons (Fsp3) is 0.476. The van der Waals surface area contributed by atoms with Gasteiger partial charge in [-0.25, -0.2) is 9.78 Å². The van der Waals surface area contributed by atoms with Gasteiger partial charge >= 0.3 is 5.97 Å². The minimum absolute atomic E-state index is 0.0163. The van der Waals surface area contributed by atoms with Crippen LogP contribution in [-0.4, -0.2) is 41.5 Å². The minimum atomic E-state index is -0.331. The molecule has 0 spiro atoms. The van der Waals surface area contributed by atoms with Crippen LogP contribution in [0.2, 0.25) is 0 Å². The summed E-state index contributed by atoms with van der Waals surface area (Å²) in [6.07, 6.45) is 2.48. The Kier molecular flexibility index (Phi) is 7.17. The molecule has 1 N–H and O–H groups in total. The smallest absolute Gasteiger partial charge is 0.338 e. The first-order valence-electron chi connectivity index (χ1n) is 9.76. The second kappa shape index (κ2) is 9.80. The van der Waals surface area contributed by atoms with E-state index >= 15 is 0 Å². The van der Waals surface area contributed by atoms with Crippen LogP contribution in [0.1, 0.15) is 47.2 Å². The Hall–Kier alpha value is -2.25. The monoisotopic (exact) mass is 401 g/mol. The van der Waals surface area contributed by atoms with Gasteiger partial charge in [-0.2, -0.15) is 0 Å². The van der Waals surface area contributed by atoms with Crippen molar-refractivity contribution in [1.29, 1.82) is 0 Å². The molecule has 1 aliphatic heterocycles. The van der Waals surface area contributed by atoms with Gasteiger partial charge in [-0.05, 0) is 63.5 Å². The zero-order valence-corrected chi connectivity index (χ0v) is 17.3. The fourth-order valence-corrected chi connectivity index (χ4v) is 3.88. The van der Waals surface area contributed by atoms with E-state index in [-0.39, 0.29) is 17.8 Å². The molecule has 7 heteroatoms. The van der Waals surface area contributed by atoms with Crippen LogP contribution in [-0.2, 0) is 16.1 Å². The number of aryl methyl sites for hydroxylation is 1. The summed E-state index contributed by atoms with van der Waals surface area (Å²) in [5, 5.41) is 6.17. The highest BCUT2D eigenvalue weighted by molar-refractivity contribution is 7.09. The number of hydrogen-bond acceptors (Lipinski definition) is 6. The van der Waals surface area contributed by atoms with Gasteiger partial charge in [0.2, 0.25) is 5.91 Å². The Balaban J connectivity index is 1.45. The highest BCUT2D eigenvalue weighted by Gasteiger charge is 2.25. The number of anilines is 1. The lowest BCUT2D eigenvalue weighted by atomic mass is 9.95. The number of piperidine rings is 1. The molecule has 1 amide bonds. The Morgan fingerprint density at radius 2 is 1.96 bits per heavy atom. The Morgan fingerprint density at radius 1 is 1.25 bits per heavy atom. The van der Waals surface area contributed by atoms with E-state index in [1.807, 2.05) is 13.8 Å². The molecule has 0 aliphatic carbocycles. The van der Waals surface area contributed by atoms with Gasteiger partial charge in [-0.1, -0.05) is 6.92 Å². The van der Waals surface area contributed by atoms with Crippen molar-refractivity contribution < 1.29 is 14.3 Å². The van der Waals surface area contributed by atoms with Crippen LogP contribution in [0.4, 0.5) is 5.69 Å². The van der Waals surface area contributed by atoms with Crippen LogP contribution in [0.25, 0.3) is 0 Å². The van der Waals surface area contributed by atoms with Crippen molar-refractivity contribution in [3.05, 3.63) is 45.9 Å². The molecule has 28 heavy (non-hydrogen) atoms. The first-order valence-corrected chi connectivity index (χ1v) is 10.6. The summed E-state index contributed by atoms with van der Waals surface area (Å²) in [6, 6.07) is 6.87. The predicted octanol–water partition coefficient (Wildman–Crippen LogP) is 3.87. The number of aromatic nitrogens is 1. The molecular formula is C21H27N3O3S. The zero-order chi connectivity index (χ0) is 19.9. The minimum Gasteiger partial charge on any atom is -0.462 e. The number of hydrogen-bond donors (Lipinski definition) is 1. The third kappa shape index (κ3) is 5.62. The molecule has 1 aliphatic rings. The van der Waals surface area contributed by atoms with Crippen LogP contribution in [0.15, 0.2) is 29.6 Å². The van der Waals surface area contributed by atoms with E-state index in [2.05, 4.69) is 20.6 Å². The summed E-state index contributed by atoms with van der Waals surface area (Å²) >= 11 is 1.68. The van der Waals surface area contributed by atoms with Crippen LogP contribution in [0, 0.1) is 12.8 Å². The van der Waals surface area contributed by atoms with Crippen LogP contribution in [0.3, 0.4) is 0 Å². The van der Waals surface area contributed by atoms with Crippen molar-refractivity contribution in [1.82, 2.24) is 9.88 Å². The fourth-order valence-electron chi connectivity index (χ4n) is 3.28. The average molecular weight is 402 g/mol. The molecule has 150 valence electrons. The van der Waals surface area contributed by atoms with E-state index in [4.69, 9.17) is 4.74 Å². The van der Waals surface area contributed by atoms with Gasteiger partial charge in [0.1, 0.15) is 0 Å². The molecule has 1 saturated heterocycles. The Labute approximate surface area is 169 Å². The first kappa shape index (κ1) is 20.5. The SMILES string of the molecule is CCCOC(=O)c1ccc(NC(=O)C2CCN(Cc3csc(C)n3)CC2)cc1. The lowest BCUT2D eigenvalue weighted by Crippen LogP contribution is -2.37. The maximum atomic E-state index is 12.6. The van der Waals surface area contributed by atoms with Gasteiger partial charge < -0.3 is 10.1 Å². The summed E-state index contributed by atoms with van der Waals surface area (Å²) in [4.78, 5) is 31.3. The number of rotatable bonds is 7. The summed E-state index contributed by atoms with van der Waals surface area (Å²) in [6.45, 7) is 7.04. The summed E-state index contributed by atoms with van der Waals surface area (Å²) in [5.74, 6) is -0.268. The molecule has 0 radical (unpaired) electrons. The number of likely N-dealkylation sites (tertiary alicyclic amines) is 1. The number of carbonyl (C=O) groups is 2. The largest absolute Gasteiger partial charge is 0.462 e. The number of nitrogens with one attached hydrogen (secondary N) is 1. The van der Waals surface area contributed by atoms with Crippen molar-refractivity contribution in [2.75, 3.05) is 25.0 Å². The maximum Gasteiger partial charge on any atom is 0.338 e. The van der Waals surface area contributed by atoms with Gasteiger partial charge in [0.05, 0.1) is 22.9 Å². The number of esters is 1. The zero-order valence-electron chi connectivity index (χ0n) is 16.4. The topological polar surface area (TPSA) is 71.5 Å². The Morgan fingerprint density at radius 3 is 2.57 bits per heavy atom.